The van der Waals surface area contributed by atoms with Crippen molar-refractivity contribution in [2.75, 3.05) is 0 Å². The summed E-state index contributed by atoms with van der Waals surface area (Å²) in [5.41, 5.74) is 6.41. The van der Waals surface area contributed by atoms with Gasteiger partial charge in [-0.15, -0.1) is 21.5 Å². The summed E-state index contributed by atoms with van der Waals surface area (Å²) in [7, 11) is 0. The zero-order chi connectivity index (χ0) is 25.6. The number of hydrogen-bond acceptors (Lipinski definition) is 6. The Morgan fingerprint density at radius 3 is 2.42 bits per heavy atom. The fourth-order valence-corrected chi connectivity index (χ4v) is 5.80. The molecule has 8 heteroatoms. The molecule has 0 saturated carbocycles. The molecule has 0 radical (unpaired) electrons. The molecule has 2 aromatic carbocycles. The minimum absolute atomic E-state index is 0.115. The lowest BCUT2D eigenvalue weighted by atomic mass is 9.96. The van der Waals surface area contributed by atoms with Gasteiger partial charge in [0.1, 0.15) is 16.9 Å². The quantitative estimate of drug-likeness (QED) is 0.335. The van der Waals surface area contributed by atoms with Gasteiger partial charge in [-0.2, -0.15) is 0 Å². The molecule has 7 nitrogen and oxygen atoms in total. The average molecular weight is 499 g/mol. The summed E-state index contributed by atoms with van der Waals surface area (Å²) in [6, 6.07) is 15.1. The Kier molecular flexibility index (Phi) is 6.14. The standard InChI is InChI=1S/C28H26N4O3S/c1-5-23(33)21-8-6-7-20(13-21)18-9-11-19(12-10-18)26-25-15(2)16(3)36-28(25)32-17(4)30-31-27(32)22(29-26)14-24(34)35/h6-13,22H,5,14H2,1-4H3,(H,34,35)/t22-/m0/s1. The van der Waals surface area contributed by atoms with Crippen LogP contribution in [0.25, 0.3) is 16.1 Å². The van der Waals surface area contributed by atoms with Gasteiger partial charge in [0.25, 0.3) is 0 Å². The van der Waals surface area contributed by atoms with Crippen LogP contribution in [0.15, 0.2) is 53.5 Å². The molecule has 2 aromatic heterocycles. The van der Waals surface area contributed by atoms with Crippen molar-refractivity contribution in [1.29, 1.82) is 0 Å². The van der Waals surface area contributed by atoms with Crippen molar-refractivity contribution in [3.8, 4) is 16.1 Å². The van der Waals surface area contributed by atoms with E-state index in [1.54, 1.807) is 11.3 Å². The molecule has 0 fully saturated rings. The van der Waals surface area contributed by atoms with Crippen LogP contribution in [0.2, 0.25) is 0 Å². The molecular formula is C28H26N4O3S. The SMILES string of the molecule is CCC(=O)c1cccc(-c2ccc(C3=N[C@@H](CC(=O)O)c4nnc(C)n4-c4sc(C)c(C)c43)cc2)c1. The molecule has 0 unspecified atom stereocenters. The molecule has 0 saturated heterocycles. The highest BCUT2D eigenvalue weighted by Crippen LogP contribution is 2.39. The van der Waals surface area contributed by atoms with Crippen LogP contribution in [0.1, 0.15) is 69.4 Å². The van der Waals surface area contributed by atoms with Gasteiger partial charge in [0.05, 0.1) is 12.1 Å². The molecule has 0 aliphatic carbocycles. The first-order valence-corrected chi connectivity index (χ1v) is 12.7. The topological polar surface area (TPSA) is 97.4 Å². The smallest absolute Gasteiger partial charge is 0.306 e. The predicted molar refractivity (Wildman–Crippen MR) is 141 cm³/mol. The summed E-state index contributed by atoms with van der Waals surface area (Å²) in [4.78, 5) is 30.0. The highest BCUT2D eigenvalue weighted by atomic mass is 32.1. The van der Waals surface area contributed by atoms with Gasteiger partial charge in [0, 0.05) is 28.0 Å². The lowest BCUT2D eigenvalue weighted by Crippen LogP contribution is -2.10. The molecule has 1 N–H and O–H groups in total. The van der Waals surface area contributed by atoms with Gasteiger partial charge < -0.3 is 5.11 Å². The summed E-state index contributed by atoms with van der Waals surface area (Å²) >= 11 is 1.64. The monoisotopic (exact) mass is 498 g/mol. The Bertz CT molecular complexity index is 1530. The fraction of sp³-hybridized carbons (Fsp3) is 0.250. The number of ketones is 1. The van der Waals surface area contributed by atoms with Crippen LogP contribution in [-0.2, 0) is 4.79 Å². The van der Waals surface area contributed by atoms with Crippen LogP contribution in [0.3, 0.4) is 0 Å². The second kappa shape index (κ2) is 9.28. The molecule has 0 bridgehead atoms. The van der Waals surface area contributed by atoms with Crippen molar-refractivity contribution < 1.29 is 14.7 Å². The number of nitrogens with zero attached hydrogens (tertiary/aromatic N) is 4. The number of hydrogen-bond donors (Lipinski definition) is 1. The number of aromatic nitrogens is 3. The third-order valence-electron chi connectivity index (χ3n) is 6.60. The summed E-state index contributed by atoms with van der Waals surface area (Å²) in [6.07, 6.45) is 0.291. The number of carbonyl (C=O) groups excluding carboxylic acids is 1. The van der Waals surface area contributed by atoms with Gasteiger partial charge in [-0.1, -0.05) is 49.4 Å². The van der Waals surface area contributed by atoms with Crippen molar-refractivity contribution >= 4 is 28.8 Å². The Hall–Kier alpha value is -3.91. The van der Waals surface area contributed by atoms with E-state index in [9.17, 15) is 14.7 Å². The van der Waals surface area contributed by atoms with E-state index in [2.05, 4.69) is 24.0 Å². The van der Waals surface area contributed by atoms with Gasteiger partial charge in [-0.05, 0) is 43.5 Å². The summed E-state index contributed by atoms with van der Waals surface area (Å²) in [5, 5.41) is 19.1. The zero-order valence-corrected chi connectivity index (χ0v) is 21.4. The predicted octanol–water partition coefficient (Wildman–Crippen LogP) is 5.88. The second-order valence-corrected chi connectivity index (χ2v) is 10.1. The molecule has 5 rings (SSSR count). The molecular weight excluding hydrogens is 472 g/mol. The minimum atomic E-state index is -0.940. The Morgan fingerprint density at radius 2 is 1.72 bits per heavy atom. The first-order valence-electron chi connectivity index (χ1n) is 11.8. The normalized spacial score (nSPS) is 14.6. The first kappa shape index (κ1) is 23.8. The van der Waals surface area contributed by atoms with Gasteiger partial charge >= 0.3 is 5.97 Å². The van der Waals surface area contributed by atoms with Crippen LogP contribution < -0.4 is 0 Å². The number of benzene rings is 2. The highest BCUT2D eigenvalue weighted by Gasteiger charge is 2.32. The maximum absolute atomic E-state index is 12.2. The molecule has 1 atom stereocenters. The van der Waals surface area contributed by atoms with Gasteiger partial charge in [0.15, 0.2) is 11.6 Å². The second-order valence-electron chi connectivity index (χ2n) is 8.93. The molecule has 1 aliphatic heterocycles. The van der Waals surface area contributed by atoms with E-state index >= 15 is 0 Å². The number of carbonyl (C=O) groups is 2. The number of rotatable bonds is 6. The molecule has 36 heavy (non-hydrogen) atoms. The number of Topliss-reactive ketones (excluding diaryl/α,β-unsaturated/α-hetero) is 1. The van der Waals surface area contributed by atoms with E-state index in [1.165, 1.54) is 0 Å². The largest absolute Gasteiger partial charge is 0.481 e. The Morgan fingerprint density at radius 1 is 1.00 bits per heavy atom. The lowest BCUT2D eigenvalue weighted by Gasteiger charge is -2.12. The van der Waals surface area contributed by atoms with E-state index in [1.807, 2.05) is 66.9 Å². The Labute approximate surface area is 213 Å². The number of carboxylic acids is 1. The number of aryl methyl sites for hydroxylation is 2. The number of carboxylic acid groups (broad SMARTS) is 1. The van der Waals surface area contributed by atoms with Gasteiger partial charge in [-0.3, -0.25) is 19.1 Å². The fourth-order valence-electron chi connectivity index (χ4n) is 4.59. The zero-order valence-electron chi connectivity index (χ0n) is 20.6. The van der Waals surface area contributed by atoms with Crippen LogP contribution in [0, 0.1) is 20.8 Å². The average Bonchev–Trinajstić information content (AvgIpc) is 3.35. The lowest BCUT2D eigenvalue weighted by molar-refractivity contribution is -0.137. The number of aliphatic carboxylic acids is 1. The molecule has 1 aliphatic rings. The summed E-state index contributed by atoms with van der Waals surface area (Å²) in [5.74, 6) is 0.423. The van der Waals surface area contributed by atoms with E-state index < -0.39 is 12.0 Å². The van der Waals surface area contributed by atoms with Crippen LogP contribution in [0.4, 0.5) is 0 Å². The van der Waals surface area contributed by atoms with Crippen molar-refractivity contribution in [1.82, 2.24) is 14.8 Å². The van der Waals surface area contributed by atoms with Crippen LogP contribution >= 0.6 is 11.3 Å². The van der Waals surface area contributed by atoms with Crippen molar-refractivity contribution in [3.63, 3.8) is 0 Å². The number of thiophene rings is 1. The van der Waals surface area contributed by atoms with Crippen LogP contribution in [-0.4, -0.2) is 37.3 Å². The molecule has 0 spiro atoms. The summed E-state index contributed by atoms with van der Waals surface area (Å²) in [6.45, 7) is 7.89. The van der Waals surface area contributed by atoms with Gasteiger partial charge in [0.2, 0.25) is 0 Å². The minimum Gasteiger partial charge on any atom is -0.481 e. The molecule has 3 heterocycles. The van der Waals surface area contributed by atoms with E-state index in [-0.39, 0.29) is 12.2 Å². The van der Waals surface area contributed by atoms with E-state index in [4.69, 9.17) is 4.99 Å². The molecule has 182 valence electrons. The number of aliphatic imine (C=N–C) groups is 1. The van der Waals surface area contributed by atoms with Crippen molar-refractivity contribution in [3.05, 3.63) is 87.3 Å². The highest BCUT2D eigenvalue weighted by molar-refractivity contribution is 7.15. The third-order valence-corrected chi connectivity index (χ3v) is 7.80. The van der Waals surface area contributed by atoms with Gasteiger partial charge in [-0.25, -0.2) is 0 Å². The Balaban J connectivity index is 1.63. The molecule has 0 amide bonds. The third kappa shape index (κ3) is 4.07. The maximum Gasteiger partial charge on any atom is 0.306 e. The summed E-state index contributed by atoms with van der Waals surface area (Å²) < 4.78 is 1.95. The first-order chi connectivity index (χ1) is 17.3. The van der Waals surface area contributed by atoms with Crippen molar-refractivity contribution in [2.24, 2.45) is 4.99 Å². The maximum atomic E-state index is 12.2. The van der Waals surface area contributed by atoms with E-state index in [0.717, 1.165) is 43.4 Å². The molecule has 4 aromatic rings. The van der Waals surface area contributed by atoms with E-state index in [0.29, 0.717) is 23.6 Å². The van der Waals surface area contributed by atoms with Crippen molar-refractivity contribution in [2.45, 2.75) is 46.6 Å². The number of fused-ring (bicyclic) bond motifs is 3. The van der Waals surface area contributed by atoms with Crippen LogP contribution in [0.5, 0.6) is 0 Å².